The first-order valence-corrected chi connectivity index (χ1v) is 8.27. The van der Waals surface area contributed by atoms with Gasteiger partial charge in [0.15, 0.2) is 11.8 Å². The highest BCUT2D eigenvalue weighted by molar-refractivity contribution is 14.0. The van der Waals surface area contributed by atoms with Gasteiger partial charge in [0.05, 0.1) is 0 Å². The molecule has 0 amide bonds. The van der Waals surface area contributed by atoms with Gasteiger partial charge in [-0.1, -0.05) is 25.9 Å². The van der Waals surface area contributed by atoms with Crippen molar-refractivity contribution in [2.75, 3.05) is 20.1 Å². The minimum atomic E-state index is 0. The van der Waals surface area contributed by atoms with E-state index in [-0.39, 0.29) is 29.9 Å². The van der Waals surface area contributed by atoms with E-state index in [4.69, 9.17) is 4.52 Å². The Kier molecular flexibility index (Phi) is 9.39. The summed E-state index contributed by atoms with van der Waals surface area (Å²) in [7, 11) is 1.75. The summed E-state index contributed by atoms with van der Waals surface area (Å²) in [4.78, 5) is 8.55. The van der Waals surface area contributed by atoms with Crippen LogP contribution in [0, 0.1) is 0 Å². The van der Waals surface area contributed by atoms with Crippen molar-refractivity contribution in [1.29, 1.82) is 0 Å². The third-order valence-corrected chi connectivity index (χ3v) is 3.51. The second-order valence-corrected chi connectivity index (χ2v) is 5.67. The fraction of sp³-hybridized carbons (Fsp3) is 0.667. The van der Waals surface area contributed by atoms with E-state index in [0.29, 0.717) is 18.9 Å². The topological polar surface area (TPSA) is 106 Å². The van der Waals surface area contributed by atoms with Crippen molar-refractivity contribution < 1.29 is 4.52 Å². The zero-order chi connectivity index (χ0) is 17.4. The molecule has 2 aromatic heterocycles. The zero-order valence-corrected chi connectivity index (χ0v) is 17.5. The number of aromatic nitrogens is 5. The van der Waals surface area contributed by atoms with Crippen LogP contribution < -0.4 is 10.6 Å². The molecule has 2 N–H and O–H groups in total. The molecule has 0 aliphatic carbocycles. The summed E-state index contributed by atoms with van der Waals surface area (Å²) in [5.74, 6) is 3.38. The predicted octanol–water partition coefficient (Wildman–Crippen LogP) is 1.37. The second-order valence-electron chi connectivity index (χ2n) is 5.67. The number of guanidine groups is 1. The van der Waals surface area contributed by atoms with Gasteiger partial charge in [0.2, 0.25) is 5.89 Å². The van der Waals surface area contributed by atoms with Crippen molar-refractivity contribution in [3.8, 4) is 0 Å². The van der Waals surface area contributed by atoms with Crippen molar-refractivity contribution in [1.82, 2.24) is 35.5 Å². The highest BCUT2D eigenvalue weighted by Crippen LogP contribution is 2.09. The van der Waals surface area contributed by atoms with Gasteiger partial charge in [0.25, 0.3) is 0 Å². The van der Waals surface area contributed by atoms with Crippen LogP contribution in [0.5, 0.6) is 0 Å². The molecule has 0 aliphatic rings. The normalized spacial score (nSPS) is 11.5. The molecule has 2 rings (SSSR count). The van der Waals surface area contributed by atoms with Crippen molar-refractivity contribution in [2.45, 2.75) is 46.1 Å². The van der Waals surface area contributed by atoms with Gasteiger partial charge in [0.1, 0.15) is 12.2 Å². The molecule has 0 radical (unpaired) electrons. The number of hydrogen-bond donors (Lipinski definition) is 2. The van der Waals surface area contributed by atoms with Crippen LogP contribution >= 0.6 is 24.0 Å². The first-order chi connectivity index (χ1) is 11.6. The van der Waals surface area contributed by atoms with Gasteiger partial charge in [-0.3, -0.25) is 4.99 Å². The Morgan fingerprint density at radius 1 is 1.32 bits per heavy atom. The highest BCUT2D eigenvalue weighted by Gasteiger charge is 2.09. The van der Waals surface area contributed by atoms with Crippen molar-refractivity contribution in [3.05, 3.63) is 23.9 Å². The standard InChI is InChI=1S/C15H26N8O.HI/c1-5-12-21-19-10-23(12)9-8-18-15(16-4)17-7-6-13-20-14(11(2)3)22-24-13;/h10-11H,5-9H2,1-4H3,(H2,16,17,18);1H. The van der Waals surface area contributed by atoms with Gasteiger partial charge >= 0.3 is 0 Å². The zero-order valence-electron chi connectivity index (χ0n) is 15.2. The molecule has 2 aromatic rings. The largest absolute Gasteiger partial charge is 0.356 e. The number of aryl methyl sites for hydroxylation is 1. The van der Waals surface area contributed by atoms with Crippen LogP contribution in [0.4, 0.5) is 0 Å². The summed E-state index contributed by atoms with van der Waals surface area (Å²) in [6.45, 7) is 8.35. The van der Waals surface area contributed by atoms with Gasteiger partial charge in [-0.05, 0) is 0 Å². The highest BCUT2D eigenvalue weighted by atomic mass is 127. The molecule has 0 atom stereocenters. The van der Waals surface area contributed by atoms with Crippen LogP contribution in [0.1, 0.15) is 44.2 Å². The molecule has 0 spiro atoms. The van der Waals surface area contributed by atoms with E-state index in [2.05, 4.69) is 42.9 Å². The first kappa shape index (κ1) is 21.3. The molecule has 0 aliphatic heterocycles. The average molecular weight is 462 g/mol. The maximum atomic E-state index is 5.22. The Labute approximate surface area is 165 Å². The molecule has 25 heavy (non-hydrogen) atoms. The summed E-state index contributed by atoms with van der Waals surface area (Å²) < 4.78 is 7.25. The Morgan fingerprint density at radius 2 is 2.08 bits per heavy atom. The quantitative estimate of drug-likeness (QED) is 0.347. The molecule has 0 saturated carbocycles. The third kappa shape index (κ3) is 6.59. The average Bonchev–Trinajstić information content (AvgIpc) is 3.22. The summed E-state index contributed by atoms with van der Waals surface area (Å²) >= 11 is 0. The fourth-order valence-corrected chi connectivity index (χ4v) is 2.15. The summed E-state index contributed by atoms with van der Waals surface area (Å²) in [6, 6.07) is 0. The third-order valence-electron chi connectivity index (χ3n) is 3.51. The lowest BCUT2D eigenvalue weighted by Gasteiger charge is -2.11. The van der Waals surface area contributed by atoms with Crippen LogP contribution in [-0.2, 0) is 19.4 Å². The van der Waals surface area contributed by atoms with Crippen LogP contribution in [0.15, 0.2) is 15.8 Å². The summed E-state index contributed by atoms with van der Waals surface area (Å²) in [5, 5.41) is 18.4. The number of halogens is 1. The Hall–Kier alpha value is -1.72. The van der Waals surface area contributed by atoms with Gasteiger partial charge in [-0.2, -0.15) is 4.98 Å². The minimum Gasteiger partial charge on any atom is -0.356 e. The molecule has 0 saturated heterocycles. The number of hydrogen-bond acceptors (Lipinski definition) is 6. The van der Waals surface area contributed by atoms with Crippen molar-refractivity contribution in [3.63, 3.8) is 0 Å². The van der Waals surface area contributed by atoms with Crippen LogP contribution in [0.25, 0.3) is 0 Å². The molecule has 0 fully saturated rings. The van der Waals surface area contributed by atoms with E-state index in [0.717, 1.165) is 37.1 Å². The molecule has 140 valence electrons. The van der Waals surface area contributed by atoms with E-state index in [1.165, 1.54) is 0 Å². The molecule has 9 nitrogen and oxygen atoms in total. The Balaban J connectivity index is 0.00000312. The monoisotopic (exact) mass is 462 g/mol. The van der Waals surface area contributed by atoms with E-state index < -0.39 is 0 Å². The van der Waals surface area contributed by atoms with E-state index in [1.54, 1.807) is 13.4 Å². The Bertz CT molecular complexity index is 652. The molecular weight excluding hydrogens is 435 g/mol. The maximum absolute atomic E-state index is 5.22. The van der Waals surface area contributed by atoms with Crippen molar-refractivity contribution >= 4 is 29.9 Å². The molecular formula is C15H27IN8O. The number of aliphatic imine (C=N–C) groups is 1. The first-order valence-electron chi connectivity index (χ1n) is 8.27. The summed E-state index contributed by atoms with van der Waals surface area (Å²) in [5.41, 5.74) is 0. The lowest BCUT2D eigenvalue weighted by atomic mass is 10.2. The lowest BCUT2D eigenvalue weighted by Crippen LogP contribution is -2.39. The smallest absolute Gasteiger partial charge is 0.228 e. The van der Waals surface area contributed by atoms with E-state index >= 15 is 0 Å². The van der Waals surface area contributed by atoms with Gasteiger partial charge in [0, 0.05) is 45.4 Å². The molecule has 10 heteroatoms. The number of rotatable bonds is 8. The second kappa shape index (κ2) is 11.0. The van der Waals surface area contributed by atoms with Crippen LogP contribution in [0.2, 0.25) is 0 Å². The Morgan fingerprint density at radius 3 is 2.72 bits per heavy atom. The van der Waals surface area contributed by atoms with Gasteiger partial charge < -0.3 is 19.7 Å². The molecule has 2 heterocycles. The number of nitrogens with one attached hydrogen (secondary N) is 2. The number of nitrogens with zero attached hydrogens (tertiary/aromatic N) is 6. The SMILES string of the molecule is CCc1nncn1CCNC(=NC)NCCc1nc(C(C)C)no1.I. The molecule has 0 unspecified atom stereocenters. The van der Waals surface area contributed by atoms with Gasteiger partial charge in [-0.25, -0.2) is 0 Å². The lowest BCUT2D eigenvalue weighted by molar-refractivity contribution is 0.371. The molecule has 0 bridgehead atoms. The van der Waals surface area contributed by atoms with E-state index in [9.17, 15) is 0 Å². The van der Waals surface area contributed by atoms with Crippen molar-refractivity contribution in [2.24, 2.45) is 4.99 Å². The van der Waals surface area contributed by atoms with Crippen LogP contribution in [-0.4, -0.2) is 51.0 Å². The predicted molar refractivity (Wildman–Crippen MR) is 106 cm³/mol. The molecule has 0 aromatic carbocycles. The summed E-state index contributed by atoms with van der Waals surface area (Å²) in [6.07, 6.45) is 3.28. The van der Waals surface area contributed by atoms with E-state index in [1.807, 2.05) is 18.4 Å². The van der Waals surface area contributed by atoms with Gasteiger partial charge in [-0.15, -0.1) is 34.2 Å². The maximum Gasteiger partial charge on any atom is 0.228 e. The minimum absolute atomic E-state index is 0. The van der Waals surface area contributed by atoms with Crippen LogP contribution in [0.3, 0.4) is 0 Å². The fourth-order valence-electron chi connectivity index (χ4n) is 2.15.